The van der Waals surface area contributed by atoms with Crippen molar-refractivity contribution >= 4 is 28.9 Å². The van der Waals surface area contributed by atoms with Crippen LogP contribution in [0.2, 0.25) is 0 Å². The molecule has 1 aromatic heterocycles. The molecule has 0 radical (unpaired) electrons. The highest BCUT2D eigenvalue weighted by atomic mass is 32.1. The van der Waals surface area contributed by atoms with Gasteiger partial charge >= 0.3 is 0 Å². The normalized spacial score (nSPS) is 15.6. The molecule has 1 aromatic rings. The maximum absolute atomic E-state index is 11.2. The van der Waals surface area contributed by atoms with Crippen molar-refractivity contribution in [3.05, 3.63) is 18.1 Å². The lowest BCUT2D eigenvalue weighted by Gasteiger charge is -2.34. The number of hydrogen-bond donors (Lipinski definition) is 1. The fourth-order valence-corrected chi connectivity index (χ4v) is 1.97. The third-order valence-corrected chi connectivity index (χ3v) is 3.15. The van der Waals surface area contributed by atoms with E-state index >= 15 is 0 Å². The van der Waals surface area contributed by atoms with E-state index in [4.69, 9.17) is 18.0 Å². The topological polar surface area (TPSA) is 75.4 Å². The molecule has 0 aromatic carbocycles. The van der Waals surface area contributed by atoms with Gasteiger partial charge in [0.25, 0.3) is 0 Å². The third kappa shape index (κ3) is 2.73. The highest BCUT2D eigenvalue weighted by Crippen LogP contribution is 2.12. The van der Waals surface area contributed by atoms with Crippen LogP contribution >= 0.6 is 12.2 Å². The Morgan fingerprint density at radius 3 is 2.39 bits per heavy atom. The molecule has 2 rings (SSSR count). The summed E-state index contributed by atoms with van der Waals surface area (Å²) >= 11 is 4.82. The molecular weight excluding hydrogens is 250 g/mol. The summed E-state index contributed by atoms with van der Waals surface area (Å²) < 4.78 is 0. The van der Waals surface area contributed by atoms with E-state index in [1.54, 1.807) is 19.3 Å². The lowest BCUT2D eigenvalue weighted by atomic mass is 10.3. The minimum absolute atomic E-state index is 0.115. The summed E-state index contributed by atoms with van der Waals surface area (Å²) in [6.07, 6.45) is 3.24. The number of nitrogens with zero attached hydrogens (tertiary/aromatic N) is 4. The summed E-state index contributed by atoms with van der Waals surface area (Å²) in [4.78, 5) is 23.8. The molecule has 96 valence electrons. The number of thiocarbonyl (C=S) groups is 1. The summed E-state index contributed by atoms with van der Waals surface area (Å²) in [7, 11) is 0. The average molecular weight is 265 g/mol. The lowest BCUT2D eigenvalue weighted by molar-refractivity contribution is -0.129. The summed E-state index contributed by atoms with van der Waals surface area (Å²) in [6.45, 7) is 4.55. The van der Waals surface area contributed by atoms with Gasteiger partial charge in [-0.3, -0.25) is 4.79 Å². The van der Waals surface area contributed by atoms with Crippen molar-refractivity contribution in [2.24, 2.45) is 5.73 Å². The van der Waals surface area contributed by atoms with Gasteiger partial charge in [-0.25, -0.2) is 9.97 Å². The van der Waals surface area contributed by atoms with Crippen LogP contribution in [0.4, 0.5) is 5.82 Å². The average Bonchev–Trinajstić information content (AvgIpc) is 2.39. The Morgan fingerprint density at radius 2 is 1.94 bits per heavy atom. The molecule has 1 aliphatic heterocycles. The largest absolute Gasteiger partial charge is 0.388 e. The molecule has 1 amide bonds. The van der Waals surface area contributed by atoms with Crippen molar-refractivity contribution in [1.82, 2.24) is 14.9 Å². The van der Waals surface area contributed by atoms with Gasteiger partial charge in [-0.05, 0) is 0 Å². The first-order chi connectivity index (χ1) is 8.58. The summed E-state index contributed by atoms with van der Waals surface area (Å²) in [6, 6.07) is 0. The van der Waals surface area contributed by atoms with Crippen molar-refractivity contribution in [2.45, 2.75) is 6.92 Å². The van der Waals surface area contributed by atoms with Gasteiger partial charge in [0.05, 0.1) is 12.4 Å². The molecule has 18 heavy (non-hydrogen) atoms. The molecule has 0 bridgehead atoms. The number of nitrogens with two attached hydrogens (primary N) is 1. The van der Waals surface area contributed by atoms with Gasteiger partial charge in [-0.2, -0.15) is 0 Å². The van der Waals surface area contributed by atoms with Gasteiger partial charge < -0.3 is 15.5 Å². The number of piperazine rings is 1. The number of carbonyl (C=O) groups is 1. The van der Waals surface area contributed by atoms with Gasteiger partial charge in [-0.1, -0.05) is 12.2 Å². The second-order valence-corrected chi connectivity index (χ2v) is 4.56. The van der Waals surface area contributed by atoms with Crippen molar-refractivity contribution in [3.63, 3.8) is 0 Å². The number of carbonyl (C=O) groups excluding carboxylic acids is 1. The van der Waals surface area contributed by atoms with Crippen LogP contribution in [0.3, 0.4) is 0 Å². The molecule has 1 saturated heterocycles. The predicted molar refractivity (Wildman–Crippen MR) is 72.4 cm³/mol. The van der Waals surface area contributed by atoms with E-state index in [1.807, 2.05) is 4.90 Å². The Labute approximate surface area is 111 Å². The van der Waals surface area contributed by atoms with Crippen molar-refractivity contribution < 1.29 is 4.79 Å². The molecule has 0 saturated carbocycles. The van der Waals surface area contributed by atoms with Crippen molar-refractivity contribution in [3.8, 4) is 0 Å². The lowest BCUT2D eigenvalue weighted by Crippen LogP contribution is -2.48. The Hall–Kier alpha value is -1.76. The van der Waals surface area contributed by atoms with Crippen LogP contribution < -0.4 is 10.6 Å². The van der Waals surface area contributed by atoms with Gasteiger partial charge in [0.1, 0.15) is 16.5 Å². The van der Waals surface area contributed by atoms with Crippen LogP contribution in [-0.4, -0.2) is 51.9 Å². The second kappa shape index (κ2) is 5.26. The van der Waals surface area contributed by atoms with Crippen molar-refractivity contribution in [1.29, 1.82) is 0 Å². The fourth-order valence-electron chi connectivity index (χ4n) is 1.86. The van der Waals surface area contributed by atoms with E-state index in [0.717, 1.165) is 18.9 Å². The van der Waals surface area contributed by atoms with Gasteiger partial charge in [0.2, 0.25) is 5.91 Å². The molecule has 2 N–H and O–H groups in total. The Kier molecular flexibility index (Phi) is 3.71. The number of rotatable bonds is 2. The molecule has 6 nitrogen and oxygen atoms in total. The van der Waals surface area contributed by atoms with E-state index in [-0.39, 0.29) is 10.9 Å². The quantitative estimate of drug-likeness (QED) is 0.745. The monoisotopic (exact) mass is 265 g/mol. The highest BCUT2D eigenvalue weighted by molar-refractivity contribution is 7.80. The first kappa shape index (κ1) is 12.7. The molecule has 2 heterocycles. The molecule has 7 heteroatoms. The first-order valence-electron chi connectivity index (χ1n) is 5.70. The first-order valence-corrected chi connectivity index (χ1v) is 6.11. The van der Waals surface area contributed by atoms with E-state index in [9.17, 15) is 4.79 Å². The smallest absolute Gasteiger partial charge is 0.219 e. The molecule has 0 spiro atoms. The molecule has 1 fully saturated rings. The van der Waals surface area contributed by atoms with E-state index in [1.165, 1.54) is 0 Å². The minimum Gasteiger partial charge on any atom is -0.388 e. The van der Waals surface area contributed by atoms with Crippen LogP contribution in [0, 0.1) is 0 Å². The maximum atomic E-state index is 11.2. The molecule has 0 atom stereocenters. The number of anilines is 1. The zero-order chi connectivity index (χ0) is 13.1. The summed E-state index contributed by atoms with van der Waals surface area (Å²) in [5.41, 5.74) is 5.99. The Morgan fingerprint density at radius 1 is 1.28 bits per heavy atom. The van der Waals surface area contributed by atoms with Crippen LogP contribution in [0.15, 0.2) is 12.4 Å². The SMILES string of the molecule is CC(=O)N1CCN(c2cnc(C(N)=S)cn2)CC1. The number of aromatic nitrogens is 2. The molecule has 0 aliphatic carbocycles. The molecule has 1 aliphatic rings. The Bertz CT molecular complexity index is 453. The van der Waals surface area contributed by atoms with Gasteiger partial charge in [-0.15, -0.1) is 0 Å². The second-order valence-electron chi connectivity index (χ2n) is 4.12. The van der Waals surface area contributed by atoms with E-state index in [0.29, 0.717) is 18.8 Å². The van der Waals surface area contributed by atoms with E-state index < -0.39 is 0 Å². The fraction of sp³-hybridized carbons (Fsp3) is 0.455. The minimum atomic E-state index is 0.115. The van der Waals surface area contributed by atoms with Crippen LogP contribution in [0.1, 0.15) is 12.6 Å². The maximum Gasteiger partial charge on any atom is 0.219 e. The predicted octanol–water partition coefficient (Wildman–Crippen LogP) is -0.221. The van der Waals surface area contributed by atoms with Crippen molar-refractivity contribution in [2.75, 3.05) is 31.1 Å². The summed E-state index contributed by atoms with van der Waals surface area (Å²) in [5.74, 6) is 0.905. The van der Waals surface area contributed by atoms with Crippen LogP contribution in [0.5, 0.6) is 0 Å². The van der Waals surface area contributed by atoms with E-state index in [2.05, 4.69) is 14.9 Å². The van der Waals surface area contributed by atoms with Gasteiger partial charge in [0.15, 0.2) is 0 Å². The molecule has 0 unspecified atom stereocenters. The summed E-state index contributed by atoms with van der Waals surface area (Å²) in [5, 5.41) is 0. The number of amides is 1. The van der Waals surface area contributed by atoms with Crippen LogP contribution in [0.25, 0.3) is 0 Å². The number of hydrogen-bond acceptors (Lipinski definition) is 5. The third-order valence-electron chi connectivity index (χ3n) is 2.94. The standard InChI is InChI=1S/C11H15N5OS/c1-8(17)15-2-4-16(5-3-15)10-7-13-9(6-14-10)11(12)18/h6-7H,2-5H2,1H3,(H2,12,18). The Balaban J connectivity index is 2.01. The molecular formula is C11H15N5OS. The van der Waals surface area contributed by atoms with Gasteiger partial charge in [0, 0.05) is 33.1 Å². The van der Waals surface area contributed by atoms with Crippen LogP contribution in [-0.2, 0) is 4.79 Å². The zero-order valence-corrected chi connectivity index (χ0v) is 11.0. The zero-order valence-electron chi connectivity index (χ0n) is 10.2. The highest BCUT2D eigenvalue weighted by Gasteiger charge is 2.19.